The summed E-state index contributed by atoms with van der Waals surface area (Å²) in [6.45, 7) is 4.64. The number of rotatable bonds is 6. The van der Waals surface area contributed by atoms with Crippen molar-refractivity contribution in [2.45, 2.75) is 31.6 Å². The van der Waals surface area contributed by atoms with Crippen molar-refractivity contribution in [2.75, 3.05) is 6.54 Å². The predicted molar refractivity (Wildman–Crippen MR) is 84.2 cm³/mol. The van der Waals surface area contributed by atoms with E-state index in [0.29, 0.717) is 12.5 Å². The highest BCUT2D eigenvalue weighted by Gasteiger charge is 2.22. The first-order valence-corrected chi connectivity index (χ1v) is 8.73. The van der Waals surface area contributed by atoms with Crippen LogP contribution in [-0.2, 0) is 10.0 Å². The van der Waals surface area contributed by atoms with E-state index in [2.05, 4.69) is 19.2 Å². The van der Waals surface area contributed by atoms with Gasteiger partial charge in [-0.1, -0.05) is 37.0 Å². The Morgan fingerprint density at radius 2 is 1.95 bits per heavy atom. The molecule has 3 N–H and O–H groups in total. The van der Waals surface area contributed by atoms with Gasteiger partial charge in [0, 0.05) is 6.54 Å². The van der Waals surface area contributed by atoms with Crippen molar-refractivity contribution in [2.24, 2.45) is 11.1 Å². The smallest absolute Gasteiger partial charge is 0.254 e. The summed E-state index contributed by atoms with van der Waals surface area (Å²) >= 11 is 11.9. The predicted octanol–water partition coefficient (Wildman–Crippen LogP) is 2.81. The SMILES string of the molecule is CC(C)CCCNC(=O)c1c(Cl)ccc(S(N)(=O)=O)c1Cl. The largest absolute Gasteiger partial charge is 0.352 e. The zero-order valence-electron chi connectivity index (χ0n) is 11.8. The molecule has 0 atom stereocenters. The van der Waals surface area contributed by atoms with Crippen molar-refractivity contribution in [3.8, 4) is 0 Å². The van der Waals surface area contributed by atoms with E-state index in [1.54, 1.807) is 0 Å². The van der Waals surface area contributed by atoms with Crippen molar-refractivity contribution in [1.82, 2.24) is 5.32 Å². The Hall–Kier alpha value is -0.820. The fourth-order valence-electron chi connectivity index (χ4n) is 1.76. The molecule has 0 saturated heterocycles. The maximum atomic E-state index is 12.1. The molecule has 0 aromatic heterocycles. The van der Waals surface area contributed by atoms with Crippen LogP contribution in [0.4, 0.5) is 0 Å². The van der Waals surface area contributed by atoms with Crippen LogP contribution in [0.15, 0.2) is 17.0 Å². The van der Waals surface area contributed by atoms with Gasteiger partial charge in [0.25, 0.3) is 5.91 Å². The topological polar surface area (TPSA) is 89.3 Å². The number of carbonyl (C=O) groups is 1. The third kappa shape index (κ3) is 5.14. The van der Waals surface area contributed by atoms with E-state index < -0.39 is 15.9 Å². The lowest BCUT2D eigenvalue weighted by atomic mass is 10.1. The van der Waals surface area contributed by atoms with E-state index in [0.717, 1.165) is 12.8 Å². The first-order chi connectivity index (χ1) is 9.64. The number of nitrogens with one attached hydrogen (secondary N) is 1. The van der Waals surface area contributed by atoms with Crippen LogP contribution in [0.25, 0.3) is 0 Å². The number of hydrogen-bond donors (Lipinski definition) is 2. The number of nitrogens with two attached hydrogens (primary N) is 1. The Bertz CT molecular complexity index is 631. The minimum Gasteiger partial charge on any atom is -0.352 e. The average molecular weight is 353 g/mol. The highest BCUT2D eigenvalue weighted by atomic mass is 35.5. The van der Waals surface area contributed by atoms with E-state index >= 15 is 0 Å². The van der Waals surface area contributed by atoms with Crippen LogP contribution in [0.1, 0.15) is 37.0 Å². The molecule has 1 rings (SSSR count). The maximum absolute atomic E-state index is 12.1. The van der Waals surface area contributed by atoms with Gasteiger partial charge in [0.2, 0.25) is 10.0 Å². The summed E-state index contributed by atoms with van der Waals surface area (Å²) in [5, 5.41) is 7.54. The van der Waals surface area contributed by atoms with Crippen LogP contribution < -0.4 is 10.5 Å². The Balaban J connectivity index is 2.94. The van der Waals surface area contributed by atoms with Crippen LogP contribution in [0.2, 0.25) is 10.0 Å². The quantitative estimate of drug-likeness (QED) is 0.771. The lowest BCUT2D eigenvalue weighted by Gasteiger charge is -2.11. The summed E-state index contributed by atoms with van der Waals surface area (Å²) in [5.74, 6) is 0.0269. The van der Waals surface area contributed by atoms with Crippen molar-refractivity contribution in [3.63, 3.8) is 0 Å². The third-order valence-corrected chi connectivity index (χ3v) is 4.61. The van der Waals surface area contributed by atoms with Gasteiger partial charge >= 0.3 is 0 Å². The molecule has 0 fully saturated rings. The normalized spacial score (nSPS) is 11.7. The first kappa shape index (κ1) is 18.2. The number of primary sulfonamides is 1. The van der Waals surface area contributed by atoms with Crippen LogP contribution in [0, 0.1) is 5.92 Å². The number of amides is 1. The molecule has 0 bridgehead atoms. The Kier molecular flexibility index (Phi) is 6.46. The standard InChI is InChI=1S/C13H18Cl2N2O3S/c1-8(2)4-3-7-17-13(18)11-9(14)5-6-10(12(11)15)21(16,19)20/h5-6,8H,3-4,7H2,1-2H3,(H,17,18)(H2,16,19,20). The molecule has 0 unspecified atom stereocenters. The summed E-state index contributed by atoms with van der Waals surface area (Å²) in [4.78, 5) is 11.8. The fraction of sp³-hybridized carbons (Fsp3) is 0.462. The van der Waals surface area contributed by atoms with Gasteiger partial charge in [-0.05, 0) is 30.9 Å². The molecule has 1 aromatic carbocycles. The zero-order chi connectivity index (χ0) is 16.2. The molecule has 21 heavy (non-hydrogen) atoms. The fourth-order valence-corrected chi connectivity index (χ4v) is 3.24. The maximum Gasteiger partial charge on any atom is 0.254 e. The van der Waals surface area contributed by atoms with Crippen molar-refractivity contribution in [3.05, 3.63) is 27.7 Å². The first-order valence-electron chi connectivity index (χ1n) is 6.43. The molecular formula is C13H18Cl2N2O3S. The molecule has 1 aromatic rings. The minimum absolute atomic E-state index is 0.0746. The molecule has 0 saturated carbocycles. The summed E-state index contributed by atoms with van der Waals surface area (Å²) in [7, 11) is -4.01. The van der Waals surface area contributed by atoms with Crippen LogP contribution in [0.5, 0.6) is 0 Å². The van der Waals surface area contributed by atoms with Gasteiger partial charge in [0.1, 0.15) is 4.90 Å². The molecule has 1 amide bonds. The van der Waals surface area contributed by atoms with Gasteiger partial charge < -0.3 is 5.32 Å². The highest BCUT2D eigenvalue weighted by Crippen LogP contribution is 2.30. The molecule has 118 valence electrons. The Labute approximate surface area is 134 Å². The van der Waals surface area contributed by atoms with Gasteiger partial charge in [-0.3, -0.25) is 4.79 Å². The van der Waals surface area contributed by atoms with Gasteiger partial charge in [0.05, 0.1) is 15.6 Å². The molecule has 0 heterocycles. The van der Waals surface area contributed by atoms with Crippen LogP contribution in [-0.4, -0.2) is 20.9 Å². The van der Waals surface area contributed by atoms with E-state index in [9.17, 15) is 13.2 Å². The van der Waals surface area contributed by atoms with Gasteiger partial charge in [0.15, 0.2) is 0 Å². The van der Waals surface area contributed by atoms with Crippen molar-refractivity contribution in [1.29, 1.82) is 0 Å². The lowest BCUT2D eigenvalue weighted by molar-refractivity contribution is 0.0952. The molecule has 0 aliphatic carbocycles. The van der Waals surface area contributed by atoms with Gasteiger partial charge in [-0.25, -0.2) is 13.6 Å². The molecule has 8 heteroatoms. The molecule has 0 spiro atoms. The number of halogens is 2. The second kappa shape index (κ2) is 7.45. The van der Waals surface area contributed by atoms with Gasteiger partial charge in [-0.2, -0.15) is 0 Å². The number of hydrogen-bond acceptors (Lipinski definition) is 3. The highest BCUT2D eigenvalue weighted by molar-refractivity contribution is 7.89. The van der Waals surface area contributed by atoms with E-state index in [1.807, 2.05) is 0 Å². The number of carbonyl (C=O) groups excluding carboxylic acids is 1. The van der Waals surface area contributed by atoms with Crippen molar-refractivity contribution < 1.29 is 13.2 Å². The average Bonchev–Trinajstić information content (AvgIpc) is 2.32. The second-order valence-electron chi connectivity index (χ2n) is 5.07. The van der Waals surface area contributed by atoms with E-state index in [-0.39, 0.29) is 20.5 Å². The zero-order valence-corrected chi connectivity index (χ0v) is 14.1. The second-order valence-corrected chi connectivity index (χ2v) is 7.39. The molecule has 0 radical (unpaired) electrons. The minimum atomic E-state index is -4.01. The van der Waals surface area contributed by atoms with Crippen LogP contribution >= 0.6 is 23.2 Å². The Morgan fingerprint density at radius 3 is 2.48 bits per heavy atom. The Morgan fingerprint density at radius 1 is 1.33 bits per heavy atom. The molecule has 0 aliphatic heterocycles. The number of sulfonamides is 1. The lowest BCUT2D eigenvalue weighted by Crippen LogP contribution is -2.26. The van der Waals surface area contributed by atoms with Gasteiger partial charge in [-0.15, -0.1) is 0 Å². The molecule has 0 aliphatic rings. The van der Waals surface area contributed by atoms with Crippen LogP contribution in [0.3, 0.4) is 0 Å². The summed E-state index contributed by atoms with van der Waals surface area (Å²) < 4.78 is 22.8. The van der Waals surface area contributed by atoms with E-state index in [4.69, 9.17) is 28.3 Å². The molecule has 5 nitrogen and oxygen atoms in total. The monoisotopic (exact) mass is 352 g/mol. The summed E-state index contributed by atoms with van der Waals surface area (Å²) in [6.07, 6.45) is 1.78. The molecular weight excluding hydrogens is 335 g/mol. The summed E-state index contributed by atoms with van der Waals surface area (Å²) in [6, 6.07) is 2.46. The summed E-state index contributed by atoms with van der Waals surface area (Å²) in [5.41, 5.74) is -0.0746. The third-order valence-electron chi connectivity index (χ3n) is 2.83. The van der Waals surface area contributed by atoms with E-state index in [1.165, 1.54) is 12.1 Å². The number of benzene rings is 1. The van der Waals surface area contributed by atoms with Crippen molar-refractivity contribution >= 4 is 39.1 Å².